The highest BCUT2D eigenvalue weighted by Gasteiger charge is 2.66. The van der Waals surface area contributed by atoms with Crippen LogP contribution >= 0.6 is 22.6 Å². The number of hydrogen-bond donors (Lipinski definition) is 0. The lowest BCUT2D eigenvalue weighted by Crippen LogP contribution is -2.49. The zero-order valence-electron chi connectivity index (χ0n) is 7.44. The van der Waals surface area contributed by atoms with Gasteiger partial charge < -0.3 is 0 Å². The molecule has 104 valence electrons. The fourth-order valence-corrected chi connectivity index (χ4v) is 1.55. The second-order valence-electron chi connectivity index (χ2n) is 2.99. The van der Waals surface area contributed by atoms with Crippen LogP contribution in [-0.2, 0) is 0 Å². The largest absolute Gasteiger partial charge is 0.454 e. The summed E-state index contributed by atoms with van der Waals surface area (Å²) in [5, 5.41) is 0. The lowest BCUT2D eigenvalue weighted by Gasteiger charge is -2.28. The van der Waals surface area contributed by atoms with Gasteiger partial charge in [-0.1, -0.05) is 22.6 Å². The summed E-state index contributed by atoms with van der Waals surface area (Å²) in [6.07, 6.45) is -15.0. The maximum Gasteiger partial charge on any atom is 0.454 e. The highest BCUT2D eigenvalue weighted by molar-refractivity contribution is 14.1. The van der Waals surface area contributed by atoms with E-state index in [0.29, 0.717) is 0 Å². The molecule has 0 aromatic heterocycles. The molecular formula is C6H3F10I. The normalized spacial score (nSPS) is 17.1. The van der Waals surface area contributed by atoms with Gasteiger partial charge in [-0.3, -0.25) is 0 Å². The van der Waals surface area contributed by atoms with Gasteiger partial charge in [-0.05, 0) is 0 Å². The second-order valence-corrected chi connectivity index (χ2v) is 4.50. The Morgan fingerprint density at radius 3 is 1.29 bits per heavy atom. The average molecular weight is 392 g/mol. The molecule has 0 aromatic carbocycles. The van der Waals surface area contributed by atoms with E-state index >= 15 is 0 Å². The number of alkyl halides is 11. The average Bonchev–Trinajstić information content (AvgIpc) is 1.98. The predicted molar refractivity (Wildman–Crippen MR) is 44.4 cm³/mol. The molecule has 0 aliphatic heterocycles. The van der Waals surface area contributed by atoms with E-state index < -0.39 is 34.5 Å². The van der Waals surface area contributed by atoms with Crippen molar-refractivity contribution in [1.29, 1.82) is 0 Å². The standard InChI is InChI=1S/C6H3F10I/c7-3(8,5(11,12)13)1-2(17)4(9,10)6(14,15)16/h2H,1H2/t2-/m1/s1. The van der Waals surface area contributed by atoms with E-state index in [1.54, 1.807) is 0 Å². The van der Waals surface area contributed by atoms with E-state index in [0.717, 1.165) is 0 Å². The zero-order chi connectivity index (χ0) is 14.3. The van der Waals surface area contributed by atoms with Gasteiger partial charge in [0.15, 0.2) is 0 Å². The first-order valence-corrected chi connectivity index (χ1v) is 4.90. The van der Waals surface area contributed by atoms with E-state index in [1.165, 1.54) is 0 Å². The molecule has 0 amide bonds. The molecule has 1 atom stereocenters. The Hall–Kier alpha value is 0.0300. The molecule has 0 bridgehead atoms. The molecule has 0 N–H and O–H groups in total. The predicted octanol–water partition coefficient (Wildman–Crippen LogP) is 4.58. The molecule has 0 fully saturated rings. The fraction of sp³-hybridized carbons (Fsp3) is 1.00. The number of halogens is 11. The number of hydrogen-bond acceptors (Lipinski definition) is 0. The summed E-state index contributed by atoms with van der Waals surface area (Å²) in [7, 11) is 0. The van der Waals surface area contributed by atoms with E-state index in [-0.39, 0.29) is 22.6 Å². The molecule has 17 heavy (non-hydrogen) atoms. The Bertz CT molecular complexity index is 263. The van der Waals surface area contributed by atoms with Crippen LogP contribution < -0.4 is 0 Å². The summed E-state index contributed by atoms with van der Waals surface area (Å²) in [5.74, 6) is -11.2. The van der Waals surface area contributed by atoms with Crippen molar-refractivity contribution >= 4 is 22.6 Å². The van der Waals surface area contributed by atoms with Crippen LogP contribution in [0.4, 0.5) is 43.9 Å². The topological polar surface area (TPSA) is 0 Å². The van der Waals surface area contributed by atoms with Crippen molar-refractivity contribution in [3.63, 3.8) is 0 Å². The van der Waals surface area contributed by atoms with Crippen molar-refractivity contribution in [1.82, 2.24) is 0 Å². The first-order valence-electron chi connectivity index (χ1n) is 3.66. The first kappa shape index (κ1) is 17.0. The first-order chi connectivity index (χ1) is 7.13. The summed E-state index contributed by atoms with van der Waals surface area (Å²) < 4.78 is 116. The SMILES string of the molecule is FC(F)(F)C(F)(F)C[C@@H](I)C(F)(F)C(F)(F)F. The molecule has 0 aliphatic carbocycles. The highest BCUT2D eigenvalue weighted by Crippen LogP contribution is 2.48. The van der Waals surface area contributed by atoms with Gasteiger partial charge >= 0.3 is 24.2 Å². The van der Waals surface area contributed by atoms with Crippen molar-refractivity contribution < 1.29 is 43.9 Å². The van der Waals surface area contributed by atoms with Crippen LogP contribution in [0.1, 0.15) is 6.42 Å². The molecule has 0 saturated heterocycles. The summed E-state index contributed by atoms with van der Waals surface area (Å²) >= 11 is 0.225. The van der Waals surface area contributed by atoms with Gasteiger partial charge in [0.1, 0.15) is 0 Å². The van der Waals surface area contributed by atoms with E-state index in [2.05, 4.69) is 0 Å². The smallest absolute Gasteiger partial charge is 0.196 e. The number of rotatable bonds is 3. The molecular weight excluding hydrogens is 389 g/mol. The summed E-state index contributed by atoms with van der Waals surface area (Å²) in [5.41, 5.74) is 0. The Kier molecular flexibility index (Phi) is 4.62. The molecule has 0 radical (unpaired) electrons. The maximum absolute atomic E-state index is 12.4. The van der Waals surface area contributed by atoms with Crippen molar-refractivity contribution in [3.8, 4) is 0 Å². The Morgan fingerprint density at radius 2 is 1.06 bits per heavy atom. The van der Waals surface area contributed by atoms with Crippen LogP contribution in [0.5, 0.6) is 0 Å². The Balaban J connectivity index is 4.95. The molecule has 0 spiro atoms. The lowest BCUT2D eigenvalue weighted by atomic mass is 10.1. The van der Waals surface area contributed by atoms with E-state index in [1.807, 2.05) is 0 Å². The quantitative estimate of drug-likeness (QED) is 0.375. The molecule has 0 nitrogen and oxygen atoms in total. The van der Waals surface area contributed by atoms with Crippen LogP contribution in [0.15, 0.2) is 0 Å². The van der Waals surface area contributed by atoms with Crippen LogP contribution in [-0.4, -0.2) is 28.1 Å². The van der Waals surface area contributed by atoms with Crippen LogP contribution in [0.2, 0.25) is 0 Å². The van der Waals surface area contributed by atoms with Crippen LogP contribution in [0, 0.1) is 0 Å². The monoisotopic (exact) mass is 392 g/mol. The van der Waals surface area contributed by atoms with Gasteiger partial charge in [-0.25, -0.2) is 0 Å². The molecule has 0 heterocycles. The third-order valence-corrected chi connectivity index (χ3v) is 2.84. The van der Waals surface area contributed by atoms with Gasteiger partial charge in [-0.15, -0.1) is 0 Å². The van der Waals surface area contributed by atoms with Crippen LogP contribution in [0.3, 0.4) is 0 Å². The molecule has 0 unspecified atom stereocenters. The van der Waals surface area contributed by atoms with Gasteiger partial charge in [0.2, 0.25) is 0 Å². The maximum atomic E-state index is 12.4. The van der Waals surface area contributed by atoms with Crippen molar-refractivity contribution in [2.75, 3.05) is 0 Å². The fourth-order valence-electron chi connectivity index (χ4n) is 0.647. The third-order valence-electron chi connectivity index (χ3n) is 1.62. The van der Waals surface area contributed by atoms with E-state index in [4.69, 9.17) is 0 Å². The summed E-state index contributed by atoms with van der Waals surface area (Å²) in [4.78, 5) is 0. The van der Waals surface area contributed by atoms with Crippen LogP contribution in [0.25, 0.3) is 0 Å². The van der Waals surface area contributed by atoms with Gasteiger partial charge in [-0.2, -0.15) is 43.9 Å². The van der Waals surface area contributed by atoms with Crippen molar-refractivity contribution in [2.24, 2.45) is 0 Å². The molecule has 11 heteroatoms. The minimum absolute atomic E-state index is 0.225. The van der Waals surface area contributed by atoms with Gasteiger partial charge in [0.25, 0.3) is 0 Å². The Morgan fingerprint density at radius 1 is 0.706 bits per heavy atom. The molecule has 0 aliphatic rings. The van der Waals surface area contributed by atoms with Gasteiger partial charge in [0, 0.05) is 6.42 Å². The van der Waals surface area contributed by atoms with Crippen molar-refractivity contribution in [2.45, 2.75) is 34.5 Å². The molecule has 0 saturated carbocycles. The van der Waals surface area contributed by atoms with Gasteiger partial charge in [0.05, 0.1) is 3.92 Å². The lowest BCUT2D eigenvalue weighted by molar-refractivity contribution is -0.305. The minimum atomic E-state index is -6.18. The van der Waals surface area contributed by atoms with E-state index in [9.17, 15) is 43.9 Å². The third kappa shape index (κ3) is 3.74. The zero-order valence-corrected chi connectivity index (χ0v) is 9.60. The minimum Gasteiger partial charge on any atom is -0.196 e. The second kappa shape index (κ2) is 4.61. The molecule has 0 rings (SSSR count). The highest BCUT2D eigenvalue weighted by atomic mass is 127. The summed E-state index contributed by atoms with van der Waals surface area (Å²) in [6, 6.07) is 0. The van der Waals surface area contributed by atoms with Crippen molar-refractivity contribution in [3.05, 3.63) is 0 Å². The summed E-state index contributed by atoms with van der Waals surface area (Å²) in [6.45, 7) is 0. The Labute approximate surface area is 101 Å². The molecule has 0 aromatic rings.